The molecule has 9 nitrogen and oxygen atoms in total. The second kappa shape index (κ2) is 10.8. The van der Waals surface area contributed by atoms with Gasteiger partial charge in [-0.2, -0.15) is 0 Å². The summed E-state index contributed by atoms with van der Waals surface area (Å²) in [6.45, 7) is 2.25. The molecule has 0 aliphatic rings. The van der Waals surface area contributed by atoms with Crippen LogP contribution in [0.4, 0.5) is 5.69 Å². The molecule has 0 saturated heterocycles. The number of carbonyl (C=O) groups is 3. The van der Waals surface area contributed by atoms with Crippen LogP contribution >= 0.6 is 0 Å². The lowest BCUT2D eigenvalue weighted by atomic mass is 10.1. The van der Waals surface area contributed by atoms with E-state index in [1.807, 2.05) is 0 Å². The van der Waals surface area contributed by atoms with Gasteiger partial charge in [-0.1, -0.05) is 18.2 Å². The Labute approximate surface area is 151 Å². The average molecular weight is 365 g/mol. The number of nitrogens with one attached hydrogen (secondary N) is 1. The molecule has 0 radical (unpaired) electrons. The maximum atomic E-state index is 12.6. The van der Waals surface area contributed by atoms with Crippen molar-refractivity contribution in [1.82, 2.24) is 10.2 Å². The van der Waals surface area contributed by atoms with Gasteiger partial charge in [-0.3, -0.25) is 24.5 Å². The Morgan fingerprint density at radius 1 is 1.23 bits per heavy atom. The zero-order valence-electron chi connectivity index (χ0n) is 14.9. The SMILES string of the molecule is COC(=O)CCN(CCCNC(C)=O)C(=O)Cc1ccccc1[N+](=O)[O-]. The first kappa shape index (κ1) is 21.1. The number of para-hydroxylation sites is 1. The lowest BCUT2D eigenvalue weighted by molar-refractivity contribution is -0.385. The Morgan fingerprint density at radius 3 is 2.54 bits per heavy atom. The number of esters is 1. The third-order valence-corrected chi connectivity index (χ3v) is 3.67. The fourth-order valence-corrected chi connectivity index (χ4v) is 2.34. The molecule has 0 bridgehead atoms. The molecule has 0 saturated carbocycles. The summed E-state index contributed by atoms with van der Waals surface area (Å²) in [4.78, 5) is 46.8. The first-order valence-corrected chi connectivity index (χ1v) is 8.16. The monoisotopic (exact) mass is 365 g/mol. The largest absolute Gasteiger partial charge is 0.469 e. The molecule has 142 valence electrons. The molecule has 1 N–H and O–H groups in total. The van der Waals surface area contributed by atoms with E-state index in [9.17, 15) is 24.5 Å². The Morgan fingerprint density at radius 2 is 1.92 bits per heavy atom. The molecule has 0 aliphatic heterocycles. The van der Waals surface area contributed by atoms with Gasteiger partial charge in [0.25, 0.3) is 5.69 Å². The number of carbonyl (C=O) groups excluding carboxylic acids is 3. The third-order valence-electron chi connectivity index (χ3n) is 3.67. The molecule has 1 aromatic carbocycles. The number of nitrogens with zero attached hydrogens (tertiary/aromatic N) is 2. The predicted molar refractivity (Wildman–Crippen MR) is 93.3 cm³/mol. The van der Waals surface area contributed by atoms with Gasteiger partial charge in [0, 0.05) is 38.2 Å². The summed E-state index contributed by atoms with van der Waals surface area (Å²) < 4.78 is 4.58. The van der Waals surface area contributed by atoms with Gasteiger partial charge in [-0.05, 0) is 6.42 Å². The molecule has 0 spiro atoms. The van der Waals surface area contributed by atoms with Crippen molar-refractivity contribution in [2.45, 2.75) is 26.2 Å². The minimum absolute atomic E-state index is 0.0270. The fourth-order valence-electron chi connectivity index (χ4n) is 2.34. The number of nitro benzene ring substituents is 1. The predicted octanol–water partition coefficient (Wildman–Crippen LogP) is 1.06. The number of nitro groups is 1. The topological polar surface area (TPSA) is 119 Å². The number of methoxy groups -OCH3 is 1. The second-order valence-electron chi connectivity index (χ2n) is 5.61. The molecule has 0 heterocycles. The average Bonchev–Trinajstić information content (AvgIpc) is 2.60. The van der Waals surface area contributed by atoms with Crippen molar-refractivity contribution >= 4 is 23.5 Å². The molecule has 0 aliphatic carbocycles. The summed E-state index contributed by atoms with van der Waals surface area (Å²) in [5.74, 6) is -0.946. The third kappa shape index (κ3) is 7.29. The number of hydrogen-bond acceptors (Lipinski definition) is 6. The van der Waals surface area contributed by atoms with E-state index >= 15 is 0 Å². The molecule has 1 aromatic rings. The van der Waals surface area contributed by atoms with Crippen LogP contribution < -0.4 is 5.32 Å². The number of amides is 2. The van der Waals surface area contributed by atoms with E-state index < -0.39 is 10.9 Å². The first-order chi connectivity index (χ1) is 12.3. The Hall–Kier alpha value is -2.97. The fraction of sp³-hybridized carbons (Fsp3) is 0.471. The van der Waals surface area contributed by atoms with Crippen molar-refractivity contribution in [3.63, 3.8) is 0 Å². The van der Waals surface area contributed by atoms with Crippen LogP contribution in [0.25, 0.3) is 0 Å². The van der Waals surface area contributed by atoms with Crippen LogP contribution in [0.3, 0.4) is 0 Å². The van der Waals surface area contributed by atoms with Gasteiger partial charge in [-0.15, -0.1) is 0 Å². The second-order valence-corrected chi connectivity index (χ2v) is 5.61. The molecule has 9 heteroatoms. The van der Waals surface area contributed by atoms with Gasteiger partial charge in [0.15, 0.2) is 0 Å². The summed E-state index contributed by atoms with van der Waals surface area (Å²) in [6, 6.07) is 6.05. The normalized spacial score (nSPS) is 10.1. The lowest BCUT2D eigenvalue weighted by Gasteiger charge is -2.22. The van der Waals surface area contributed by atoms with E-state index in [1.165, 1.54) is 37.1 Å². The molecule has 0 aromatic heterocycles. The maximum Gasteiger partial charge on any atom is 0.307 e. The number of ether oxygens (including phenoxy) is 1. The highest BCUT2D eigenvalue weighted by Gasteiger charge is 2.20. The van der Waals surface area contributed by atoms with Crippen LogP contribution in [0.15, 0.2) is 24.3 Å². The van der Waals surface area contributed by atoms with Gasteiger partial charge in [0.2, 0.25) is 11.8 Å². The zero-order chi connectivity index (χ0) is 19.5. The van der Waals surface area contributed by atoms with Crippen molar-refractivity contribution in [3.05, 3.63) is 39.9 Å². The summed E-state index contributed by atoms with van der Waals surface area (Å²) in [6.07, 6.45) is 0.390. The highest BCUT2D eigenvalue weighted by atomic mass is 16.6. The van der Waals surface area contributed by atoms with E-state index in [0.717, 1.165) is 0 Å². The van der Waals surface area contributed by atoms with E-state index in [0.29, 0.717) is 25.1 Å². The van der Waals surface area contributed by atoms with Crippen molar-refractivity contribution in [1.29, 1.82) is 0 Å². The quantitative estimate of drug-likeness (QED) is 0.286. The van der Waals surface area contributed by atoms with Gasteiger partial charge >= 0.3 is 5.97 Å². The minimum Gasteiger partial charge on any atom is -0.469 e. The molecule has 26 heavy (non-hydrogen) atoms. The van der Waals surface area contributed by atoms with Crippen molar-refractivity contribution in [2.24, 2.45) is 0 Å². The van der Waals surface area contributed by atoms with Crippen LogP contribution in [0.1, 0.15) is 25.3 Å². The lowest BCUT2D eigenvalue weighted by Crippen LogP contribution is -2.36. The number of benzene rings is 1. The Kier molecular flexibility index (Phi) is 8.76. The van der Waals surface area contributed by atoms with E-state index in [2.05, 4.69) is 10.1 Å². The van der Waals surface area contributed by atoms with Crippen molar-refractivity contribution < 1.29 is 24.0 Å². The number of hydrogen-bond donors (Lipinski definition) is 1. The number of rotatable bonds is 10. The molecular weight excluding hydrogens is 342 g/mol. The first-order valence-electron chi connectivity index (χ1n) is 8.16. The summed E-state index contributed by atoms with van der Waals surface area (Å²) in [5, 5.41) is 13.7. The van der Waals surface area contributed by atoms with Crippen LogP contribution in [-0.4, -0.2) is 54.4 Å². The summed E-state index contributed by atoms with van der Waals surface area (Å²) >= 11 is 0. The molecule has 2 amide bonds. The summed E-state index contributed by atoms with van der Waals surface area (Å²) in [7, 11) is 1.26. The van der Waals surface area contributed by atoms with Gasteiger partial charge in [0.05, 0.1) is 24.9 Å². The van der Waals surface area contributed by atoms with E-state index in [4.69, 9.17) is 0 Å². The van der Waals surface area contributed by atoms with Crippen molar-refractivity contribution in [2.75, 3.05) is 26.7 Å². The van der Waals surface area contributed by atoms with Crippen LogP contribution in [0, 0.1) is 10.1 Å². The molecule has 0 fully saturated rings. The Balaban J connectivity index is 2.77. The van der Waals surface area contributed by atoms with Gasteiger partial charge in [0.1, 0.15) is 0 Å². The van der Waals surface area contributed by atoms with Crippen LogP contribution in [-0.2, 0) is 25.5 Å². The van der Waals surface area contributed by atoms with Gasteiger partial charge < -0.3 is 15.0 Å². The zero-order valence-corrected chi connectivity index (χ0v) is 14.9. The van der Waals surface area contributed by atoms with Crippen LogP contribution in [0.5, 0.6) is 0 Å². The van der Waals surface area contributed by atoms with E-state index in [-0.39, 0.29) is 36.9 Å². The van der Waals surface area contributed by atoms with E-state index in [1.54, 1.807) is 6.07 Å². The standard InChI is InChI=1S/C17H23N3O6/c1-13(21)18-9-5-10-19(11-8-17(23)26-2)16(22)12-14-6-3-4-7-15(14)20(24)25/h3-4,6-7H,5,8-12H2,1-2H3,(H,18,21). The highest BCUT2D eigenvalue weighted by Crippen LogP contribution is 2.19. The molecule has 1 rings (SSSR count). The summed E-state index contributed by atoms with van der Waals surface area (Å²) in [5.41, 5.74) is 0.194. The highest BCUT2D eigenvalue weighted by molar-refractivity contribution is 5.80. The smallest absolute Gasteiger partial charge is 0.307 e. The maximum absolute atomic E-state index is 12.6. The molecule has 0 unspecified atom stereocenters. The molecular formula is C17H23N3O6. The minimum atomic E-state index is -0.530. The Bertz CT molecular complexity index is 662. The van der Waals surface area contributed by atoms with Crippen molar-refractivity contribution in [3.8, 4) is 0 Å². The molecule has 0 atom stereocenters. The van der Waals surface area contributed by atoms with Gasteiger partial charge in [-0.25, -0.2) is 0 Å². The van der Waals surface area contributed by atoms with Crippen LogP contribution in [0.2, 0.25) is 0 Å².